The van der Waals surface area contributed by atoms with Gasteiger partial charge in [-0.1, -0.05) is 44.9 Å². The van der Waals surface area contributed by atoms with E-state index >= 15 is 0 Å². The summed E-state index contributed by atoms with van der Waals surface area (Å²) in [5, 5.41) is 1.13. The van der Waals surface area contributed by atoms with Crippen molar-refractivity contribution in [3.05, 3.63) is 35.5 Å². The Kier molecular flexibility index (Phi) is 3.41. The molecule has 1 aliphatic rings. The van der Waals surface area contributed by atoms with Gasteiger partial charge in [0.25, 0.3) is 0 Å². The van der Waals surface area contributed by atoms with E-state index in [1.165, 1.54) is 23.9 Å². The lowest BCUT2D eigenvalue weighted by Crippen LogP contribution is -2.10. The molecule has 1 saturated carbocycles. The first-order valence-corrected chi connectivity index (χ1v) is 7.71. The maximum Gasteiger partial charge on any atom is 0.168 e. The molecule has 1 aromatic carbocycles. The third kappa shape index (κ3) is 2.07. The smallest absolute Gasteiger partial charge is 0.168 e. The average Bonchev–Trinajstić information content (AvgIpc) is 3.06. The Hall–Kier alpha value is -1.57. The summed E-state index contributed by atoms with van der Waals surface area (Å²) in [6.07, 6.45) is 6.59. The maximum atomic E-state index is 12.7. The van der Waals surface area contributed by atoms with Gasteiger partial charge >= 0.3 is 0 Å². The van der Waals surface area contributed by atoms with Crippen molar-refractivity contribution >= 4 is 16.7 Å². The summed E-state index contributed by atoms with van der Waals surface area (Å²) in [4.78, 5) is 12.7. The number of hydrogen-bond acceptors (Lipinski definition) is 1. The minimum atomic E-state index is 0.253. The van der Waals surface area contributed by atoms with Crippen molar-refractivity contribution < 1.29 is 4.79 Å². The van der Waals surface area contributed by atoms with Crippen LogP contribution in [-0.4, -0.2) is 10.4 Å². The Morgan fingerprint density at radius 1 is 1.25 bits per heavy atom. The Labute approximate surface area is 120 Å². The molecule has 1 heterocycles. The molecule has 2 heteroatoms. The van der Waals surface area contributed by atoms with E-state index < -0.39 is 0 Å². The maximum absolute atomic E-state index is 12.7. The topological polar surface area (TPSA) is 22.0 Å². The molecule has 1 aromatic heterocycles. The van der Waals surface area contributed by atoms with Crippen LogP contribution in [0.2, 0.25) is 0 Å². The number of aromatic nitrogens is 1. The number of para-hydroxylation sites is 1. The molecule has 2 aromatic rings. The van der Waals surface area contributed by atoms with Gasteiger partial charge in [0, 0.05) is 30.1 Å². The third-order valence-corrected chi connectivity index (χ3v) is 4.65. The van der Waals surface area contributed by atoms with Crippen LogP contribution in [0.25, 0.3) is 10.9 Å². The fourth-order valence-electron chi connectivity index (χ4n) is 3.57. The van der Waals surface area contributed by atoms with E-state index in [1.54, 1.807) is 0 Å². The molecule has 0 N–H and O–H groups in total. The van der Waals surface area contributed by atoms with Gasteiger partial charge in [-0.05, 0) is 24.3 Å². The largest absolute Gasteiger partial charge is 0.350 e. The summed E-state index contributed by atoms with van der Waals surface area (Å²) in [6, 6.07) is 6.36. The Bertz CT molecular complexity index is 645. The number of aryl methyl sites for hydroxylation is 1. The molecule has 0 aliphatic heterocycles. The quantitative estimate of drug-likeness (QED) is 0.742. The molecule has 106 valence electrons. The number of carbonyl (C=O) groups is 1. The summed E-state index contributed by atoms with van der Waals surface area (Å²) in [6.45, 7) is 4.42. The molecule has 1 aliphatic carbocycles. The number of benzene rings is 1. The summed E-state index contributed by atoms with van der Waals surface area (Å²) in [5.41, 5.74) is 3.48. The highest BCUT2D eigenvalue weighted by molar-refractivity contribution is 6.09. The fourth-order valence-corrected chi connectivity index (χ4v) is 3.57. The van der Waals surface area contributed by atoms with Gasteiger partial charge in [0.2, 0.25) is 0 Å². The number of fused-ring (bicyclic) bond motifs is 1. The first-order valence-electron chi connectivity index (χ1n) is 7.71. The van der Waals surface area contributed by atoms with Crippen molar-refractivity contribution in [1.82, 2.24) is 4.57 Å². The van der Waals surface area contributed by atoms with Crippen LogP contribution in [0.3, 0.4) is 0 Å². The van der Waals surface area contributed by atoms with Crippen LogP contribution in [0, 0.1) is 5.92 Å². The molecule has 3 rings (SSSR count). The summed E-state index contributed by atoms with van der Waals surface area (Å²) >= 11 is 0. The molecular formula is C18H23NO. The van der Waals surface area contributed by atoms with Crippen LogP contribution in [0.15, 0.2) is 24.4 Å². The van der Waals surface area contributed by atoms with E-state index in [4.69, 9.17) is 0 Å². The lowest BCUT2D eigenvalue weighted by molar-refractivity contribution is 0.0924. The highest BCUT2D eigenvalue weighted by Gasteiger charge is 2.26. The minimum Gasteiger partial charge on any atom is -0.350 e. The molecule has 0 unspecified atom stereocenters. The van der Waals surface area contributed by atoms with Crippen molar-refractivity contribution in [2.45, 2.75) is 45.4 Å². The highest BCUT2D eigenvalue weighted by Crippen LogP contribution is 2.33. The molecule has 0 saturated heterocycles. The number of ketones is 1. The van der Waals surface area contributed by atoms with Crippen molar-refractivity contribution in [3.63, 3.8) is 0 Å². The second kappa shape index (κ2) is 5.08. The molecule has 1 fully saturated rings. The Morgan fingerprint density at radius 2 is 1.95 bits per heavy atom. The number of rotatable bonds is 3. The van der Waals surface area contributed by atoms with Gasteiger partial charge in [-0.25, -0.2) is 0 Å². The Morgan fingerprint density at radius 3 is 2.60 bits per heavy atom. The van der Waals surface area contributed by atoms with Crippen LogP contribution in [0.4, 0.5) is 0 Å². The lowest BCUT2D eigenvalue weighted by Gasteiger charge is -2.10. The molecule has 0 bridgehead atoms. The number of nitrogens with zero attached hydrogens (tertiary/aromatic N) is 1. The molecule has 0 amide bonds. The number of Topliss-reactive ketones (excluding diaryl/α,β-unsaturated/α-hetero) is 1. The molecule has 0 spiro atoms. The normalized spacial score (nSPS) is 16.4. The third-order valence-electron chi connectivity index (χ3n) is 4.65. The minimum absolute atomic E-state index is 0.253. The van der Waals surface area contributed by atoms with E-state index in [0.29, 0.717) is 11.7 Å². The van der Waals surface area contributed by atoms with Gasteiger partial charge in [0.1, 0.15) is 0 Å². The molecule has 0 atom stereocenters. The molecule has 0 radical (unpaired) electrons. The first-order chi connectivity index (χ1) is 9.59. The van der Waals surface area contributed by atoms with Crippen LogP contribution < -0.4 is 0 Å². The summed E-state index contributed by atoms with van der Waals surface area (Å²) in [5.74, 6) is 1.08. The van der Waals surface area contributed by atoms with Crippen molar-refractivity contribution in [2.75, 3.05) is 0 Å². The molecule has 20 heavy (non-hydrogen) atoms. The van der Waals surface area contributed by atoms with E-state index in [9.17, 15) is 4.79 Å². The van der Waals surface area contributed by atoms with E-state index in [1.807, 2.05) is 6.20 Å². The summed E-state index contributed by atoms with van der Waals surface area (Å²) in [7, 11) is 2.06. The van der Waals surface area contributed by atoms with Gasteiger partial charge in [0.15, 0.2) is 5.78 Å². The van der Waals surface area contributed by atoms with Crippen LogP contribution in [0.1, 0.15) is 61.4 Å². The van der Waals surface area contributed by atoms with Crippen LogP contribution >= 0.6 is 0 Å². The van der Waals surface area contributed by atoms with Gasteiger partial charge in [-0.15, -0.1) is 0 Å². The van der Waals surface area contributed by atoms with Gasteiger partial charge < -0.3 is 4.57 Å². The van der Waals surface area contributed by atoms with Gasteiger partial charge in [-0.2, -0.15) is 0 Å². The van der Waals surface area contributed by atoms with E-state index in [0.717, 1.165) is 23.8 Å². The second-order valence-electron chi connectivity index (χ2n) is 6.40. The monoisotopic (exact) mass is 269 g/mol. The number of hydrogen-bond donors (Lipinski definition) is 0. The molecular weight excluding hydrogens is 246 g/mol. The predicted molar refractivity (Wildman–Crippen MR) is 83.3 cm³/mol. The van der Waals surface area contributed by atoms with Crippen molar-refractivity contribution in [3.8, 4) is 0 Å². The average molecular weight is 269 g/mol. The van der Waals surface area contributed by atoms with Gasteiger partial charge in [0.05, 0.1) is 5.52 Å². The summed E-state index contributed by atoms with van der Waals surface area (Å²) < 4.78 is 2.13. The van der Waals surface area contributed by atoms with Crippen molar-refractivity contribution in [2.24, 2.45) is 13.0 Å². The zero-order chi connectivity index (χ0) is 14.3. The zero-order valence-electron chi connectivity index (χ0n) is 12.6. The van der Waals surface area contributed by atoms with E-state index in [-0.39, 0.29) is 5.92 Å². The fraction of sp³-hybridized carbons (Fsp3) is 0.500. The second-order valence-corrected chi connectivity index (χ2v) is 6.40. The lowest BCUT2D eigenvalue weighted by atomic mass is 9.94. The Balaban J connectivity index is 2.13. The standard InChI is InChI=1S/C18H23NO/c1-12(2)14-9-6-10-15-16(11-19(3)17(14)15)18(20)13-7-4-5-8-13/h6,9-13H,4-5,7-8H2,1-3H3. The van der Waals surface area contributed by atoms with Crippen LogP contribution in [0.5, 0.6) is 0 Å². The van der Waals surface area contributed by atoms with Crippen LogP contribution in [-0.2, 0) is 7.05 Å². The first kappa shape index (κ1) is 13.4. The van der Waals surface area contributed by atoms with Crippen molar-refractivity contribution in [1.29, 1.82) is 0 Å². The number of carbonyl (C=O) groups excluding carboxylic acids is 1. The predicted octanol–water partition coefficient (Wildman–Crippen LogP) is 4.67. The van der Waals surface area contributed by atoms with E-state index in [2.05, 4.69) is 43.7 Å². The SMILES string of the molecule is CC(C)c1cccc2c(C(=O)C3CCCC3)cn(C)c12. The highest BCUT2D eigenvalue weighted by atomic mass is 16.1. The van der Waals surface area contributed by atoms with Gasteiger partial charge in [-0.3, -0.25) is 4.79 Å². The zero-order valence-corrected chi connectivity index (χ0v) is 12.6. The molecule has 2 nitrogen and oxygen atoms in total.